The van der Waals surface area contributed by atoms with Gasteiger partial charge in [-0.1, -0.05) is 53.9 Å². The van der Waals surface area contributed by atoms with Gasteiger partial charge in [-0.15, -0.1) is 0 Å². The van der Waals surface area contributed by atoms with E-state index in [1.165, 1.54) is 18.7 Å². The van der Waals surface area contributed by atoms with Gasteiger partial charge in [-0.2, -0.15) is 0 Å². The van der Waals surface area contributed by atoms with E-state index in [1.54, 1.807) is 27.7 Å². The van der Waals surface area contributed by atoms with E-state index in [2.05, 4.69) is 36.9 Å². The van der Waals surface area contributed by atoms with Crippen LogP contribution in [0.1, 0.15) is 107 Å². The lowest BCUT2D eigenvalue weighted by Crippen LogP contribution is -2.62. The summed E-state index contributed by atoms with van der Waals surface area (Å²) in [4.78, 5) is 98.4. The molecule has 18 heteroatoms. The maximum absolute atomic E-state index is 14.0. The van der Waals surface area contributed by atoms with Gasteiger partial charge < -0.3 is 53.4 Å². The third-order valence-electron chi connectivity index (χ3n) is 9.67. The molecule has 0 spiro atoms. The summed E-state index contributed by atoms with van der Waals surface area (Å²) in [5, 5.41) is 26.5. The molecule has 11 N–H and O–H groups in total. The topological polar surface area (TPSA) is 280 Å². The second-order valence-electron chi connectivity index (χ2n) is 14.1. The van der Waals surface area contributed by atoms with Crippen molar-refractivity contribution < 1.29 is 38.7 Å². The molecule has 0 saturated carbocycles. The molecular weight excluding hydrogens is 700 g/mol. The van der Waals surface area contributed by atoms with Crippen LogP contribution in [0.15, 0.2) is 4.99 Å². The Morgan fingerprint density at radius 1 is 0.759 bits per heavy atom. The van der Waals surface area contributed by atoms with E-state index in [0.29, 0.717) is 51.6 Å². The lowest BCUT2D eigenvalue weighted by Gasteiger charge is -2.31. The summed E-state index contributed by atoms with van der Waals surface area (Å²) in [5.41, 5.74) is 10.9. The van der Waals surface area contributed by atoms with Crippen molar-refractivity contribution in [1.82, 2.24) is 36.8 Å². The Balaban J connectivity index is 3.29. The molecule has 54 heavy (non-hydrogen) atoms. The van der Waals surface area contributed by atoms with E-state index in [0.717, 1.165) is 0 Å². The number of likely N-dealkylation sites (tertiary alicyclic amines) is 1. The predicted octanol–water partition coefficient (Wildman–Crippen LogP) is -1.12. The highest BCUT2D eigenvalue weighted by molar-refractivity contribution is 5.97. The highest BCUT2D eigenvalue weighted by atomic mass is 16.3. The second kappa shape index (κ2) is 24.0. The van der Waals surface area contributed by atoms with Crippen molar-refractivity contribution in [1.29, 1.82) is 0 Å². The third-order valence-corrected chi connectivity index (χ3v) is 9.67. The molecule has 1 saturated heterocycles. The van der Waals surface area contributed by atoms with Gasteiger partial charge in [0.05, 0.1) is 6.10 Å². The number of nitrogens with zero attached hydrogens (tertiary/aromatic N) is 2. The number of amides is 7. The molecule has 1 rings (SSSR count). The molecule has 7 amide bonds. The maximum Gasteiger partial charge on any atom is 0.245 e. The Kier molecular flexibility index (Phi) is 21.2. The van der Waals surface area contributed by atoms with Crippen LogP contribution in [0, 0.1) is 11.8 Å². The van der Waals surface area contributed by atoms with Gasteiger partial charge in [0, 0.05) is 26.6 Å². The Morgan fingerprint density at radius 2 is 1.30 bits per heavy atom. The van der Waals surface area contributed by atoms with Crippen molar-refractivity contribution in [2.45, 2.75) is 149 Å². The Hall–Kier alpha value is -4.48. The van der Waals surface area contributed by atoms with E-state index in [9.17, 15) is 38.7 Å². The summed E-state index contributed by atoms with van der Waals surface area (Å²) in [6.45, 7) is 14.3. The average molecular weight is 767 g/mol. The lowest BCUT2D eigenvalue weighted by atomic mass is 9.96. The van der Waals surface area contributed by atoms with Crippen molar-refractivity contribution in [2.24, 2.45) is 28.3 Å². The second-order valence-corrected chi connectivity index (χ2v) is 14.1. The molecule has 0 bridgehead atoms. The third kappa shape index (κ3) is 15.1. The Labute approximate surface area is 319 Å². The molecule has 0 aromatic carbocycles. The van der Waals surface area contributed by atoms with E-state index in [-0.39, 0.29) is 37.2 Å². The molecule has 0 radical (unpaired) electrons. The number of carbonyl (C=O) groups is 7. The van der Waals surface area contributed by atoms with Crippen molar-refractivity contribution in [2.75, 3.05) is 19.6 Å². The predicted molar refractivity (Wildman–Crippen MR) is 204 cm³/mol. The van der Waals surface area contributed by atoms with Gasteiger partial charge in [0.15, 0.2) is 5.96 Å². The zero-order chi connectivity index (χ0) is 41.1. The Morgan fingerprint density at radius 3 is 1.81 bits per heavy atom. The number of nitrogens with one attached hydrogen (secondary N) is 6. The fourth-order valence-corrected chi connectivity index (χ4v) is 6.16. The molecule has 0 aliphatic carbocycles. The summed E-state index contributed by atoms with van der Waals surface area (Å²) in [6, 6.07) is -6.43. The largest absolute Gasteiger partial charge is 0.391 e. The number of hydrogen-bond donors (Lipinski definition) is 9. The summed E-state index contributed by atoms with van der Waals surface area (Å²) in [6.07, 6.45) is 1.87. The molecule has 1 aliphatic heterocycles. The van der Waals surface area contributed by atoms with E-state index in [1.807, 2.05) is 13.8 Å². The van der Waals surface area contributed by atoms with Crippen LogP contribution < -0.4 is 43.4 Å². The van der Waals surface area contributed by atoms with Gasteiger partial charge in [-0.25, -0.2) is 0 Å². The van der Waals surface area contributed by atoms with Crippen LogP contribution in [0.5, 0.6) is 0 Å². The summed E-state index contributed by atoms with van der Waals surface area (Å²) < 4.78 is 0. The van der Waals surface area contributed by atoms with Crippen LogP contribution in [0.3, 0.4) is 0 Å². The first-order valence-corrected chi connectivity index (χ1v) is 19.2. The number of aliphatic hydroxyl groups is 1. The zero-order valence-electron chi connectivity index (χ0n) is 33.3. The number of rotatable bonds is 23. The summed E-state index contributed by atoms with van der Waals surface area (Å²) >= 11 is 0. The molecule has 0 aromatic heterocycles. The van der Waals surface area contributed by atoms with Crippen molar-refractivity contribution in [3.63, 3.8) is 0 Å². The highest BCUT2D eigenvalue weighted by Gasteiger charge is 2.39. The SMILES string of the molecule is CCC[C@H](NC(=O)[C@@H](NC(=O)[C@H](NC(C)=O)[C@@H](C)CC)[C@@H](C)O)C(=O)N[C@H](C(=O)N[C@H](CCCN=C(N)N)C(=O)N1CCC[C@H]1C(=O)NCC)[C@@H](C)CC. The zero-order valence-corrected chi connectivity index (χ0v) is 33.3. The minimum Gasteiger partial charge on any atom is -0.391 e. The molecule has 1 heterocycles. The number of aliphatic hydroxyl groups excluding tert-OH is 1. The number of hydrogen-bond acceptors (Lipinski definition) is 9. The number of guanidine groups is 1. The molecule has 18 nitrogen and oxygen atoms in total. The smallest absolute Gasteiger partial charge is 0.245 e. The van der Waals surface area contributed by atoms with Crippen molar-refractivity contribution in [3.8, 4) is 0 Å². The fraction of sp³-hybridized carbons (Fsp3) is 0.778. The van der Waals surface area contributed by atoms with Crippen molar-refractivity contribution in [3.05, 3.63) is 0 Å². The number of likely N-dealkylation sites (N-methyl/N-ethyl adjacent to an activating group) is 1. The maximum atomic E-state index is 14.0. The molecule has 308 valence electrons. The summed E-state index contributed by atoms with van der Waals surface area (Å²) in [7, 11) is 0. The van der Waals surface area contributed by atoms with Crippen molar-refractivity contribution >= 4 is 47.3 Å². The minimum absolute atomic E-state index is 0.117. The van der Waals surface area contributed by atoms with Gasteiger partial charge in [0.2, 0.25) is 41.4 Å². The molecule has 1 fully saturated rings. The number of carbonyl (C=O) groups excluding carboxylic acids is 7. The lowest BCUT2D eigenvalue weighted by molar-refractivity contribution is -0.142. The van der Waals surface area contributed by atoms with E-state index in [4.69, 9.17) is 11.5 Å². The minimum atomic E-state index is -1.46. The van der Waals surface area contributed by atoms with Crippen LogP contribution in [-0.4, -0.2) is 119 Å². The average Bonchev–Trinajstić information content (AvgIpc) is 3.61. The first kappa shape index (κ1) is 47.5. The number of nitrogens with two attached hydrogens (primary N) is 2. The first-order chi connectivity index (χ1) is 25.4. The molecule has 1 aliphatic rings. The molecular formula is C36H66N10O8. The quantitative estimate of drug-likeness (QED) is 0.0343. The number of aliphatic imine (C=N–C) groups is 1. The molecule has 0 aromatic rings. The van der Waals surface area contributed by atoms with Gasteiger partial charge in [0.25, 0.3) is 0 Å². The van der Waals surface area contributed by atoms with Crippen LogP contribution >= 0.6 is 0 Å². The highest BCUT2D eigenvalue weighted by Crippen LogP contribution is 2.20. The van der Waals surface area contributed by atoms with Gasteiger partial charge >= 0.3 is 0 Å². The van der Waals surface area contributed by atoms with E-state index < -0.39 is 83.7 Å². The van der Waals surface area contributed by atoms with Gasteiger partial charge in [0.1, 0.15) is 36.3 Å². The van der Waals surface area contributed by atoms with E-state index >= 15 is 0 Å². The fourth-order valence-electron chi connectivity index (χ4n) is 6.16. The monoisotopic (exact) mass is 767 g/mol. The van der Waals surface area contributed by atoms with Crippen LogP contribution in [0.25, 0.3) is 0 Å². The van der Waals surface area contributed by atoms with Gasteiger partial charge in [-0.05, 0) is 57.8 Å². The van der Waals surface area contributed by atoms with Crippen LogP contribution in [-0.2, 0) is 33.6 Å². The molecule has 0 unspecified atom stereocenters. The standard InChI is InChI=1S/C36H66N10O8/c1-9-15-24(42-34(53)29(22(7)47)45-33(52)27(20(5)10-2)41-23(8)48)30(49)44-28(21(6)11-3)32(51)43-25(16-13-18-40-36(37)38)35(54)46-19-14-17-26(46)31(50)39-12-4/h20-22,24-29,47H,9-19H2,1-8H3,(H,39,50)(H,41,48)(H,42,53)(H,43,51)(H,44,49)(H,45,52)(H4,37,38,40)/t20-,21-,22+,24-,25+,26-,27+,28-,29-/m0/s1. The molecule has 9 atom stereocenters. The van der Waals surface area contributed by atoms with Crippen LogP contribution in [0.4, 0.5) is 0 Å². The Bertz CT molecular complexity index is 1310. The van der Waals surface area contributed by atoms with Gasteiger partial charge in [-0.3, -0.25) is 38.6 Å². The van der Waals surface area contributed by atoms with Crippen LogP contribution in [0.2, 0.25) is 0 Å². The first-order valence-electron chi connectivity index (χ1n) is 19.2. The summed E-state index contributed by atoms with van der Waals surface area (Å²) in [5.74, 6) is -4.76. The normalized spacial score (nSPS) is 18.3.